The highest BCUT2D eigenvalue weighted by molar-refractivity contribution is 14.1. The summed E-state index contributed by atoms with van der Waals surface area (Å²) in [6.45, 7) is 1.91. The second-order valence-electron chi connectivity index (χ2n) is 4.91. The van der Waals surface area contributed by atoms with Gasteiger partial charge in [-0.25, -0.2) is 0 Å². The Morgan fingerprint density at radius 3 is 2.32 bits per heavy atom. The van der Waals surface area contributed by atoms with Gasteiger partial charge in [0.15, 0.2) is 3.61 Å². The first-order valence-corrected chi connectivity index (χ1v) is 7.28. The van der Waals surface area contributed by atoms with E-state index in [1.54, 1.807) is 24.3 Å². The maximum absolute atomic E-state index is 12.4. The molecule has 2 heterocycles. The number of benzene rings is 1. The Labute approximate surface area is 136 Å². The highest BCUT2D eigenvalue weighted by Gasteiger charge is 2.38. The van der Waals surface area contributed by atoms with Crippen molar-refractivity contribution in [2.24, 2.45) is 5.16 Å². The molecule has 5 nitrogen and oxygen atoms in total. The molecule has 1 aromatic heterocycles. The Morgan fingerprint density at radius 2 is 1.82 bits per heavy atom. The van der Waals surface area contributed by atoms with Crippen molar-refractivity contribution in [1.29, 1.82) is 0 Å². The highest BCUT2D eigenvalue weighted by atomic mass is 127. The monoisotopic (exact) mass is 423 g/mol. The van der Waals surface area contributed by atoms with E-state index in [2.05, 4.69) is 42.4 Å². The molecule has 3 rings (SSSR count). The standard InChI is InChI=1S/C13H9F3IN3O2/c1-12(17)6-9(19-22-12)7-2-4-8(5-3-7)10-18-11(21-20-10)13(14,15)16/h2-5H,6H2,1H3. The minimum absolute atomic E-state index is 0.109. The highest BCUT2D eigenvalue weighted by Crippen LogP contribution is 2.33. The van der Waals surface area contributed by atoms with Crippen LogP contribution < -0.4 is 0 Å². The summed E-state index contributed by atoms with van der Waals surface area (Å²) in [6.07, 6.45) is -4.00. The van der Waals surface area contributed by atoms with Crippen molar-refractivity contribution in [3.05, 3.63) is 35.7 Å². The number of alkyl halides is 4. The lowest BCUT2D eigenvalue weighted by Crippen LogP contribution is -2.14. The van der Waals surface area contributed by atoms with Gasteiger partial charge < -0.3 is 9.36 Å². The molecule has 1 atom stereocenters. The van der Waals surface area contributed by atoms with E-state index in [0.29, 0.717) is 12.0 Å². The van der Waals surface area contributed by atoms with E-state index in [-0.39, 0.29) is 9.43 Å². The first-order chi connectivity index (χ1) is 10.2. The van der Waals surface area contributed by atoms with Gasteiger partial charge in [0.1, 0.15) is 0 Å². The Hall–Kier alpha value is -1.65. The third-order valence-electron chi connectivity index (χ3n) is 2.97. The van der Waals surface area contributed by atoms with Crippen LogP contribution in [0.25, 0.3) is 11.4 Å². The summed E-state index contributed by atoms with van der Waals surface area (Å²) in [6, 6.07) is 6.70. The third kappa shape index (κ3) is 3.08. The zero-order valence-corrected chi connectivity index (χ0v) is 13.3. The lowest BCUT2D eigenvalue weighted by Gasteiger charge is -2.10. The van der Waals surface area contributed by atoms with Crippen LogP contribution in [0.4, 0.5) is 13.2 Å². The molecule has 2 aromatic rings. The summed E-state index contributed by atoms with van der Waals surface area (Å²) in [4.78, 5) is 8.62. The smallest absolute Gasteiger partial charge is 0.378 e. The van der Waals surface area contributed by atoms with Crippen molar-refractivity contribution in [2.75, 3.05) is 0 Å². The fourth-order valence-electron chi connectivity index (χ4n) is 1.94. The predicted octanol–water partition coefficient (Wildman–Crippen LogP) is 4.03. The maximum atomic E-state index is 12.4. The number of hydrogen-bond donors (Lipinski definition) is 0. The van der Waals surface area contributed by atoms with Gasteiger partial charge >= 0.3 is 12.1 Å². The second kappa shape index (κ2) is 5.21. The fraction of sp³-hybridized carbons (Fsp3) is 0.308. The van der Waals surface area contributed by atoms with Gasteiger partial charge in [-0.15, -0.1) is 0 Å². The maximum Gasteiger partial charge on any atom is 0.471 e. The van der Waals surface area contributed by atoms with Crippen molar-refractivity contribution in [2.45, 2.75) is 23.1 Å². The molecule has 0 bridgehead atoms. The van der Waals surface area contributed by atoms with Gasteiger partial charge in [-0.2, -0.15) is 18.2 Å². The molecule has 0 saturated heterocycles. The Bertz CT molecular complexity index is 723. The summed E-state index contributed by atoms with van der Waals surface area (Å²) >= 11 is 2.16. The van der Waals surface area contributed by atoms with Crippen LogP contribution >= 0.6 is 22.6 Å². The van der Waals surface area contributed by atoms with Crippen LogP contribution in [0.2, 0.25) is 0 Å². The van der Waals surface area contributed by atoms with Gasteiger partial charge in [-0.3, -0.25) is 0 Å². The molecule has 0 fully saturated rings. The topological polar surface area (TPSA) is 60.5 Å². The number of nitrogens with zero attached hydrogens (tertiary/aromatic N) is 3. The van der Waals surface area contributed by atoms with Crippen molar-refractivity contribution >= 4 is 28.3 Å². The van der Waals surface area contributed by atoms with Crippen LogP contribution in [0, 0.1) is 0 Å². The van der Waals surface area contributed by atoms with Crippen LogP contribution in [0.1, 0.15) is 24.8 Å². The molecule has 0 aliphatic carbocycles. The molecule has 0 radical (unpaired) electrons. The molecule has 1 aromatic carbocycles. The molecular formula is C13H9F3IN3O2. The van der Waals surface area contributed by atoms with Gasteiger partial charge in [0.2, 0.25) is 5.82 Å². The van der Waals surface area contributed by atoms with Crippen molar-refractivity contribution in [3.63, 3.8) is 0 Å². The molecule has 1 unspecified atom stereocenters. The van der Waals surface area contributed by atoms with Crippen molar-refractivity contribution < 1.29 is 22.5 Å². The predicted molar refractivity (Wildman–Crippen MR) is 79.4 cm³/mol. The molecular weight excluding hydrogens is 414 g/mol. The molecule has 0 saturated carbocycles. The van der Waals surface area contributed by atoms with Crippen LogP contribution in [-0.2, 0) is 11.0 Å². The zero-order chi connectivity index (χ0) is 16.0. The normalized spacial score (nSPS) is 21.6. The van der Waals surface area contributed by atoms with Crippen LogP contribution in [0.3, 0.4) is 0 Å². The average Bonchev–Trinajstić information content (AvgIpc) is 3.05. The van der Waals surface area contributed by atoms with Gasteiger partial charge in [-0.1, -0.05) is 34.6 Å². The first kappa shape index (κ1) is 15.3. The molecule has 0 amide bonds. The molecule has 1 aliphatic rings. The Balaban J connectivity index is 1.82. The minimum atomic E-state index is -4.65. The van der Waals surface area contributed by atoms with Gasteiger partial charge in [0.05, 0.1) is 5.71 Å². The summed E-state index contributed by atoms with van der Waals surface area (Å²) in [5.41, 5.74) is 2.05. The second-order valence-corrected chi connectivity index (χ2v) is 7.19. The van der Waals surface area contributed by atoms with Crippen LogP contribution in [-0.4, -0.2) is 19.5 Å². The van der Waals surface area contributed by atoms with E-state index in [1.165, 1.54) is 0 Å². The summed E-state index contributed by atoms with van der Waals surface area (Å²) in [5, 5.41) is 7.35. The zero-order valence-electron chi connectivity index (χ0n) is 11.2. The van der Waals surface area contributed by atoms with Crippen molar-refractivity contribution in [1.82, 2.24) is 10.1 Å². The molecule has 22 heavy (non-hydrogen) atoms. The number of aromatic nitrogens is 2. The Kier molecular flexibility index (Phi) is 3.62. The first-order valence-electron chi connectivity index (χ1n) is 6.20. The van der Waals surface area contributed by atoms with E-state index < -0.39 is 12.1 Å². The summed E-state index contributed by atoms with van der Waals surface area (Å²) in [5.74, 6) is -1.47. The molecule has 0 spiro atoms. The number of rotatable bonds is 2. The van der Waals surface area contributed by atoms with Crippen LogP contribution in [0.15, 0.2) is 33.9 Å². The Morgan fingerprint density at radius 1 is 1.18 bits per heavy atom. The lowest BCUT2D eigenvalue weighted by molar-refractivity contribution is -0.159. The average molecular weight is 423 g/mol. The number of hydrogen-bond acceptors (Lipinski definition) is 5. The summed E-state index contributed by atoms with van der Waals surface area (Å²) in [7, 11) is 0. The van der Waals surface area contributed by atoms with Crippen LogP contribution in [0.5, 0.6) is 0 Å². The van der Waals surface area contributed by atoms with E-state index in [4.69, 9.17) is 4.84 Å². The lowest BCUT2D eigenvalue weighted by atomic mass is 10.0. The third-order valence-corrected chi connectivity index (χ3v) is 3.55. The largest absolute Gasteiger partial charge is 0.471 e. The molecule has 116 valence electrons. The quantitative estimate of drug-likeness (QED) is 0.541. The van der Waals surface area contributed by atoms with Crippen molar-refractivity contribution in [3.8, 4) is 11.4 Å². The van der Waals surface area contributed by atoms with E-state index in [9.17, 15) is 13.2 Å². The molecule has 1 aliphatic heterocycles. The van der Waals surface area contributed by atoms with E-state index in [0.717, 1.165) is 11.3 Å². The number of oxime groups is 1. The van der Waals surface area contributed by atoms with Gasteiger partial charge in [-0.05, 0) is 35.1 Å². The number of halogens is 4. The van der Waals surface area contributed by atoms with Gasteiger partial charge in [0, 0.05) is 12.0 Å². The van der Waals surface area contributed by atoms with E-state index >= 15 is 0 Å². The molecule has 9 heteroatoms. The SMILES string of the molecule is CC1(I)CC(c2ccc(-c3noc(C(F)(F)F)n3)cc2)=NO1. The fourth-order valence-corrected chi connectivity index (χ4v) is 2.40. The minimum Gasteiger partial charge on any atom is -0.378 e. The van der Waals surface area contributed by atoms with Gasteiger partial charge in [0.25, 0.3) is 0 Å². The summed E-state index contributed by atoms with van der Waals surface area (Å²) < 4.78 is 41.1. The van der Waals surface area contributed by atoms with E-state index in [1.807, 2.05) is 6.92 Å². The molecule has 0 N–H and O–H groups in total.